The molecule has 0 spiro atoms. The van der Waals surface area contributed by atoms with E-state index in [0.29, 0.717) is 4.88 Å². The van der Waals surface area contributed by atoms with Crippen LogP contribution in [0.2, 0.25) is 0 Å². The summed E-state index contributed by atoms with van der Waals surface area (Å²) in [6.07, 6.45) is 0. The van der Waals surface area contributed by atoms with Crippen molar-refractivity contribution in [1.82, 2.24) is 0 Å². The molecule has 3 N–H and O–H groups in total. The molecule has 2 rings (SSSR count). The molecule has 8 heteroatoms. The zero-order valence-corrected chi connectivity index (χ0v) is 12.9. The molecule has 0 bridgehead atoms. The van der Waals surface area contributed by atoms with Crippen molar-refractivity contribution in [2.45, 2.75) is 18.7 Å². The summed E-state index contributed by atoms with van der Waals surface area (Å²) in [6, 6.07) is 4.79. The zero-order valence-electron chi connectivity index (χ0n) is 11.3. The molecule has 1 aromatic carbocycles. The van der Waals surface area contributed by atoms with E-state index in [1.165, 1.54) is 17.4 Å². The number of aryl methyl sites for hydroxylation is 2. The van der Waals surface area contributed by atoms with E-state index in [9.17, 15) is 17.6 Å². The van der Waals surface area contributed by atoms with Gasteiger partial charge in [0.15, 0.2) is 0 Å². The van der Waals surface area contributed by atoms with Crippen molar-refractivity contribution in [2.24, 2.45) is 5.14 Å². The number of carbonyl (C=O) groups is 1. The number of hydrogen-bond donors (Lipinski definition) is 2. The topological polar surface area (TPSA) is 89.3 Å². The summed E-state index contributed by atoms with van der Waals surface area (Å²) < 4.78 is 36.0. The summed E-state index contributed by atoms with van der Waals surface area (Å²) in [5.74, 6) is -1.31. The Balaban J connectivity index is 2.26. The van der Waals surface area contributed by atoms with Crippen molar-refractivity contribution in [3.63, 3.8) is 0 Å². The normalized spacial score (nSPS) is 11.4. The first kappa shape index (κ1) is 15.6. The predicted molar refractivity (Wildman–Crippen MR) is 79.5 cm³/mol. The number of carbonyl (C=O) groups excluding carboxylic acids is 1. The van der Waals surface area contributed by atoms with Crippen LogP contribution in [0.5, 0.6) is 0 Å². The molecular weight excluding hydrogens is 315 g/mol. The average Bonchev–Trinajstić information content (AvgIpc) is 2.71. The summed E-state index contributed by atoms with van der Waals surface area (Å²) in [4.78, 5) is 13.1. The molecule has 2 aromatic rings. The number of hydrogen-bond acceptors (Lipinski definition) is 4. The fourth-order valence-corrected chi connectivity index (χ4v) is 3.10. The number of anilines is 1. The lowest BCUT2D eigenvalue weighted by atomic mass is 10.2. The highest BCUT2D eigenvalue weighted by Crippen LogP contribution is 2.23. The van der Waals surface area contributed by atoms with Gasteiger partial charge in [0.1, 0.15) is 5.82 Å². The molecular formula is C13H13FN2O3S2. The van der Waals surface area contributed by atoms with Crippen LogP contribution in [0.4, 0.5) is 10.1 Å². The maximum Gasteiger partial charge on any atom is 0.265 e. The number of amides is 1. The Morgan fingerprint density at radius 3 is 2.43 bits per heavy atom. The summed E-state index contributed by atoms with van der Waals surface area (Å²) in [7, 11) is -3.98. The Morgan fingerprint density at radius 2 is 1.95 bits per heavy atom. The molecule has 0 aliphatic carbocycles. The van der Waals surface area contributed by atoms with E-state index in [4.69, 9.17) is 5.14 Å². The number of halogens is 1. The van der Waals surface area contributed by atoms with Crippen LogP contribution < -0.4 is 10.5 Å². The van der Waals surface area contributed by atoms with E-state index in [-0.39, 0.29) is 10.6 Å². The molecule has 1 heterocycles. The maximum absolute atomic E-state index is 13.8. The smallest absolute Gasteiger partial charge is 0.265 e. The Kier molecular flexibility index (Phi) is 4.13. The van der Waals surface area contributed by atoms with Gasteiger partial charge in [-0.15, -0.1) is 11.3 Å². The van der Waals surface area contributed by atoms with E-state index in [1.54, 1.807) is 6.07 Å². The second kappa shape index (κ2) is 5.55. The molecule has 0 saturated heterocycles. The third kappa shape index (κ3) is 3.46. The minimum atomic E-state index is -3.98. The van der Waals surface area contributed by atoms with Crippen LogP contribution in [0.15, 0.2) is 29.2 Å². The van der Waals surface area contributed by atoms with Crippen molar-refractivity contribution >= 4 is 33.0 Å². The number of benzene rings is 1. The quantitative estimate of drug-likeness (QED) is 0.906. The van der Waals surface area contributed by atoms with Gasteiger partial charge in [0.25, 0.3) is 5.91 Å². The summed E-state index contributed by atoms with van der Waals surface area (Å²) >= 11 is 1.30. The molecule has 1 aromatic heterocycles. The van der Waals surface area contributed by atoms with Gasteiger partial charge in [-0.3, -0.25) is 4.79 Å². The van der Waals surface area contributed by atoms with E-state index in [2.05, 4.69) is 5.32 Å². The molecule has 5 nitrogen and oxygen atoms in total. The standard InChI is InChI=1S/C13H13FN2O3S2/c1-7-5-12(20-8(7)2)13(17)16-11-4-3-9(6-10(11)14)21(15,18)19/h3-6H,1-2H3,(H,16,17)(H2,15,18,19). The third-order valence-electron chi connectivity index (χ3n) is 2.91. The summed E-state index contributed by atoms with van der Waals surface area (Å²) in [5, 5.41) is 7.31. The van der Waals surface area contributed by atoms with Crippen molar-refractivity contribution in [1.29, 1.82) is 0 Å². The van der Waals surface area contributed by atoms with Crippen LogP contribution in [0.1, 0.15) is 20.1 Å². The number of thiophene rings is 1. The lowest BCUT2D eigenvalue weighted by molar-refractivity contribution is 0.103. The second-order valence-electron chi connectivity index (χ2n) is 4.49. The van der Waals surface area contributed by atoms with Crippen LogP contribution >= 0.6 is 11.3 Å². The number of sulfonamides is 1. The van der Waals surface area contributed by atoms with Gasteiger partial charge in [-0.25, -0.2) is 17.9 Å². The van der Waals surface area contributed by atoms with E-state index < -0.39 is 21.7 Å². The van der Waals surface area contributed by atoms with Crippen LogP contribution in [-0.2, 0) is 10.0 Å². The maximum atomic E-state index is 13.8. The van der Waals surface area contributed by atoms with Gasteiger partial charge < -0.3 is 5.32 Å². The highest BCUT2D eigenvalue weighted by atomic mass is 32.2. The van der Waals surface area contributed by atoms with Gasteiger partial charge in [0.2, 0.25) is 10.0 Å². The number of primary sulfonamides is 1. The van der Waals surface area contributed by atoms with Crippen molar-refractivity contribution < 1.29 is 17.6 Å². The monoisotopic (exact) mass is 328 g/mol. The van der Waals surface area contributed by atoms with Crippen molar-refractivity contribution in [3.05, 3.63) is 45.4 Å². The zero-order chi connectivity index (χ0) is 15.8. The van der Waals surface area contributed by atoms with Crippen molar-refractivity contribution in [3.8, 4) is 0 Å². The largest absolute Gasteiger partial charge is 0.319 e. The van der Waals surface area contributed by atoms with Gasteiger partial charge in [0, 0.05) is 4.88 Å². The third-order valence-corrected chi connectivity index (χ3v) is 4.97. The van der Waals surface area contributed by atoms with Gasteiger partial charge in [-0.2, -0.15) is 0 Å². The van der Waals surface area contributed by atoms with E-state index in [0.717, 1.165) is 22.6 Å². The Labute approximate surface area is 125 Å². The van der Waals surface area contributed by atoms with E-state index >= 15 is 0 Å². The molecule has 0 saturated carbocycles. The van der Waals surface area contributed by atoms with Gasteiger partial charge in [-0.1, -0.05) is 0 Å². The summed E-state index contributed by atoms with van der Waals surface area (Å²) in [5.41, 5.74) is 0.881. The van der Waals surface area contributed by atoms with Crippen LogP contribution in [-0.4, -0.2) is 14.3 Å². The van der Waals surface area contributed by atoms with Crippen LogP contribution in [0.25, 0.3) is 0 Å². The Morgan fingerprint density at radius 1 is 1.29 bits per heavy atom. The molecule has 0 aliphatic heterocycles. The molecule has 0 atom stereocenters. The first-order chi connectivity index (χ1) is 9.68. The number of rotatable bonds is 3. The lowest BCUT2D eigenvalue weighted by Crippen LogP contribution is -2.14. The lowest BCUT2D eigenvalue weighted by Gasteiger charge is -2.06. The van der Waals surface area contributed by atoms with Crippen LogP contribution in [0.3, 0.4) is 0 Å². The van der Waals surface area contributed by atoms with Gasteiger partial charge >= 0.3 is 0 Å². The molecule has 1 amide bonds. The van der Waals surface area contributed by atoms with Crippen molar-refractivity contribution in [2.75, 3.05) is 5.32 Å². The van der Waals surface area contributed by atoms with Gasteiger partial charge in [0.05, 0.1) is 15.5 Å². The highest BCUT2D eigenvalue weighted by Gasteiger charge is 2.15. The molecule has 0 unspecified atom stereocenters. The number of nitrogens with one attached hydrogen (secondary N) is 1. The highest BCUT2D eigenvalue weighted by molar-refractivity contribution is 7.89. The van der Waals surface area contributed by atoms with E-state index in [1.807, 2.05) is 13.8 Å². The SMILES string of the molecule is Cc1cc(C(=O)Nc2ccc(S(N)(=O)=O)cc2F)sc1C. The first-order valence-electron chi connectivity index (χ1n) is 5.89. The second-order valence-corrected chi connectivity index (χ2v) is 7.31. The first-order valence-corrected chi connectivity index (χ1v) is 8.25. The molecule has 112 valence electrons. The minimum absolute atomic E-state index is 0.101. The van der Waals surface area contributed by atoms with Crippen LogP contribution in [0, 0.1) is 19.7 Å². The Hall–Kier alpha value is -1.77. The fraction of sp³-hybridized carbons (Fsp3) is 0.154. The molecule has 0 fully saturated rings. The average molecular weight is 328 g/mol. The Bertz CT molecular complexity index is 793. The molecule has 0 radical (unpaired) electrons. The minimum Gasteiger partial charge on any atom is -0.319 e. The van der Waals surface area contributed by atoms with Gasteiger partial charge in [-0.05, 0) is 43.7 Å². The summed E-state index contributed by atoms with van der Waals surface area (Å²) in [6.45, 7) is 3.77. The molecule has 21 heavy (non-hydrogen) atoms. The molecule has 0 aliphatic rings. The number of nitrogens with two attached hydrogens (primary N) is 1. The predicted octanol–water partition coefficient (Wildman–Crippen LogP) is 2.40. The fourth-order valence-electron chi connectivity index (χ4n) is 1.64.